The number of hydrogen-bond donors (Lipinski definition) is 2. The van der Waals surface area contributed by atoms with E-state index in [2.05, 4.69) is 5.32 Å². The van der Waals surface area contributed by atoms with Crippen LogP contribution < -0.4 is 10.2 Å². The van der Waals surface area contributed by atoms with Crippen LogP contribution in [0.2, 0.25) is 0 Å². The molecule has 8 nitrogen and oxygen atoms in total. The minimum Gasteiger partial charge on any atom is -0.478 e. The van der Waals surface area contributed by atoms with Gasteiger partial charge in [-0.1, -0.05) is 6.07 Å². The lowest BCUT2D eigenvalue weighted by molar-refractivity contribution is -0.122. The van der Waals surface area contributed by atoms with Crippen LogP contribution in [0.1, 0.15) is 27.2 Å². The summed E-state index contributed by atoms with van der Waals surface area (Å²) in [5, 5.41) is 11.3. The Balaban J connectivity index is 1.72. The highest BCUT2D eigenvalue weighted by Crippen LogP contribution is 2.25. The maximum atomic E-state index is 13.1. The molecule has 3 aromatic rings. The molecule has 1 aliphatic heterocycles. The molecule has 0 atom stereocenters. The summed E-state index contributed by atoms with van der Waals surface area (Å²) in [7, 11) is 0. The number of imide groups is 2. The van der Waals surface area contributed by atoms with Gasteiger partial charge in [-0.3, -0.25) is 14.9 Å². The molecule has 0 unspecified atom stereocenters. The molecular weight excluding hydrogens is 410 g/mol. The molecule has 0 saturated carbocycles. The third-order valence-corrected chi connectivity index (χ3v) is 5.32. The van der Waals surface area contributed by atoms with E-state index >= 15 is 0 Å². The first-order chi connectivity index (χ1) is 15.3. The number of carboxylic acid groups (broad SMARTS) is 1. The Bertz CT molecular complexity index is 1300. The van der Waals surface area contributed by atoms with Gasteiger partial charge in [-0.05, 0) is 79.6 Å². The second-order valence-electron chi connectivity index (χ2n) is 7.38. The molecule has 0 spiro atoms. The number of hydrogen-bond acceptors (Lipinski definition) is 4. The molecule has 2 aromatic carbocycles. The Morgan fingerprint density at radius 1 is 0.938 bits per heavy atom. The first-order valence-electron chi connectivity index (χ1n) is 9.76. The summed E-state index contributed by atoms with van der Waals surface area (Å²) in [5.41, 5.74) is 3.41. The number of carboxylic acids is 1. The van der Waals surface area contributed by atoms with Crippen LogP contribution in [0.4, 0.5) is 10.5 Å². The molecule has 1 saturated heterocycles. The summed E-state index contributed by atoms with van der Waals surface area (Å²) in [6.45, 7) is 3.79. The van der Waals surface area contributed by atoms with Gasteiger partial charge < -0.3 is 9.67 Å². The molecule has 4 amide bonds. The van der Waals surface area contributed by atoms with Gasteiger partial charge in [0, 0.05) is 17.6 Å². The average molecular weight is 429 g/mol. The highest BCUT2D eigenvalue weighted by atomic mass is 16.4. The van der Waals surface area contributed by atoms with Crippen molar-refractivity contribution in [1.29, 1.82) is 0 Å². The summed E-state index contributed by atoms with van der Waals surface area (Å²) in [6.07, 6.45) is 3.13. The number of barbiturate groups is 1. The second-order valence-corrected chi connectivity index (χ2v) is 7.38. The van der Waals surface area contributed by atoms with Gasteiger partial charge in [0.2, 0.25) is 0 Å². The van der Waals surface area contributed by atoms with E-state index in [0.29, 0.717) is 17.1 Å². The fourth-order valence-electron chi connectivity index (χ4n) is 3.42. The molecule has 2 N–H and O–H groups in total. The first-order valence-corrected chi connectivity index (χ1v) is 9.76. The lowest BCUT2D eigenvalue weighted by Gasteiger charge is -2.27. The lowest BCUT2D eigenvalue weighted by Crippen LogP contribution is -2.54. The zero-order valence-electron chi connectivity index (χ0n) is 17.3. The standard InChI is InChI=1S/C24H19N3O5/c1-14-5-8-19(12-15(14)2)27-22(29)20(21(28)25-24(27)32)13-18-4-3-11-26(18)17-9-6-16(7-10-17)23(30)31/h3-13H,1-2H3,(H,30,31)(H,25,28,32)/b20-13+. The minimum absolute atomic E-state index is 0.144. The number of nitrogens with one attached hydrogen (secondary N) is 1. The predicted octanol–water partition coefficient (Wildman–Crippen LogP) is 3.46. The van der Waals surface area contributed by atoms with Gasteiger partial charge in [-0.25, -0.2) is 14.5 Å². The predicted molar refractivity (Wildman–Crippen MR) is 118 cm³/mol. The molecule has 8 heteroatoms. The molecule has 0 aliphatic carbocycles. The summed E-state index contributed by atoms with van der Waals surface area (Å²) < 4.78 is 1.70. The fourth-order valence-corrected chi connectivity index (χ4v) is 3.42. The quantitative estimate of drug-likeness (QED) is 0.488. The van der Waals surface area contributed by atoms with Crippen molar-refractivity contribution in [2.45, 2.75) is 13.8 Å². The van der Waals surface area contributed by atoms with Crippen LogP contribution in [0.5, 0.6) is 0 Å². The van der Waals surface area contributed by atoms with Crippen molar-refractivity contribution in [2.75, 3.05) is 4.90 Å². The van der Waals surface area contributed by atoms with E-state index in [-0.39, 0.29) is 11.1 Å². The summed E-state index contributed by atoms with van der Waals surface area (Å²) in [4.78, 5) is 50.1. The zero-order chi connectivity index (χ0) is 23.0. The molecule has 0 radical (unpaired) electrons. The first kappa shape index (κ1) is 20.8. The summed E-state index contributed by atoms with van der Waals surface area (Å²) >= 11 is 0. The third kappa shape index (κ3) is 3.69. The average Bonchev–Trinajstić information content (AvgIpc) is 3.22. The minimum atomic E-state index is -1.04. The number of rotatable bonds is 4. The van der Waals surface area contributed by atoms with Crippen LogP contribution in [0.3, 0.4) is 0 Å². The van der Waals surface area contributed by atoms with Crippen LogP contribution in [-0.4, -0.2) is 33.5 Å². The molecule has 2 heterocycles. The molecule has 1 aromatic heterocycles. The van der Waals surface area contributed by atoms with E-state index in [1.54, 1.807) is 53.2 Å². The van der Waals surface area contributed by atoms with Gasteiger partial charge >= 0.3 is 12.0 Å². The maximum Gasteiger partial charge on any atom is 0.335 e. The number of anilines is 1. The van der Waals surface area contributed by atoms with E-state index in [1.165, 1.54) is 18.2 Å². The highest BCUT2D eigenvalue weighted by Gasteiger charge is 2.37. The lowest BCUT2D eigenvalue weighted by atomic mass is 10.1. The number of carbonyl (C=O) groups is 4. The van der Waals surface area contributed by atoms with Crippen LogP contribution >= 0.6 is 0 Å². The molecular formula is C24H19N3O5. The number of aromatic carboxylic acids is 1. The van der Waals surface area contributed by atoms with Gasteiger partial charge in [0.1, 0.15) is 5.57 Å². The number of aromatic nitrogens is 1. The Morgan fingerprint density at radius 2 is 1.62 bits per heavy atom. The van der Waals surface area contributed by atoms with E-state index in [0.717, 1.165) is 16.0 Å². The fraction of sp³-hybridized carbons (Fsp3) is 0.0833. The van der Waals surface area contributed by atoms with E-state index < -0.39 is 23.8 Å². The highest BCUT2D eigenvalue weighted by molar-refractivity contribution is 6.39. The van der Waals surface area contributed by atoms with Crippen molar-refractivity contribution in [2.24, 2.45) is 0 Å². The van der Waals surface area contributed by atoms with Crippen molar-refractivity contribution < 1.29 is 24.3 Å². The number of urea groups is 1. The topological polar surface area (TPSA) is 109 Å². The van der Waals surface area contributed by atoms with Gasteiger partial charge in [-0.15, -0.1) is 0 Å². The maximum absolute atomic E-state index is 13.1. The molecule has 0 bridgehead atoms. The normalized spacial score (nSPS) is 15.2. The van der Waals surface area contributed by atoms with Gasteiger partial charge in [0.25, 0.3) is 11.8 Å². The summed E-state index contributed by atoms with van der Waals surface area (Å²) in [5.74, 6) is -2.54. The van der Waals surface area contributed by atoms with Crippen LogP contribution in [0, 0.1) is 13.8 Å². The zero-order valence-corrected chi connectivity index (χ0v) is 17.3. The van der Waals surface area contributed by atoms with Crippen molar-refractivity contribution in [3.63, 3.8) is 0 Å². The van der Waals surface area contributed by atoms with E-state index in [9.17, 15) is 19.2 Å². The van der Waals surface area contributed by atoms with Crippen molar-refractivity contribution in [3.8, 4) is 5.69 Å². The third-order valence-electron chi connectivity index (χ3n) is 5.32. The number of amides is 4. The molecule has 1 fully saturated rings. The molecule has 4 rings (SSSR count). The number of benzene rings is 2. The van der Waals surface area contributed by atoms with E-state index in [1.807, 2.05) is 13.8 Å². The van der Waals surface area contributed by atoms with E-state index in [4.69, 9.17) is 5.11 Å². The molecule has 1 aliphatic rings. The van der Waals surface area contributed by atoms with Crippen molar-refractivity contribution >= 4 is 35.6 Å². The van der Waals surface area contributed by atoms with Crippen LogP contribution in [-0.2, 0) is 9.59 Å². The monoisotopic (exact) mass is 429 g/mol. The Morgan fingerprint density at radius 3 is 2.28 bits per heavy atom. The number of aryl methyl sites for hydroxylation is 2. The second kappa shape index (κ2) is 7.99. The Labute approximate surface area is 183 Å². The van der Waals surface area contributed by atoms with Gasteiger partial charge in [0.15, 0.2) is 0 Å². The van der Waals surface area contributed by atoms with Gasteiger partial charge in [-0.2, -0.15) is 0 Å². The van der Waals surface area contributed by atoms with Crippen LogP contribution in [0.25, 0.3) is 11.8 Å². The number of nitrogens with zero attached hydrogens (tertiary/aromatic N) is 2. The SMILES string of the molecule is Cc1ccc(N2C(=O)NC(=O)/C(=C\c3cccn3-c3ccc(C(=O)O)cc3)C2=O)cc1C. The van der Waals surface area contributed by atoms with Crippen LogP contribution in [0.15, 0.2) is 66.4 Å². The largest absolute Gasteiger partial charge is 0.478 e. The Kier molecular flexibility index (Phi) is 5.19. The molecule has 160 valence electrons. The summed E-state index contributed by atoms with van der Waals surface area (Å²) in [6, 6.07) is 14.0. The van der Waals surface area contributed by atoms with Gasteiger partial charge in [0.05, 0.1) is 11.3 Å². The number of carbonyl (C=O) groups excluding carboxylic acids is 3. The van der Waals surface area contributed by atoms with Crippen molar-refractivity contribution in [1.82, 2.24) is 9.88 Å². The Hall–Kier alpha value is -4.46. The van der Waals surface area contributed by atoms with Crippen molar-refractivity contribution in [3.05, 3.63) is 88.8 Å². The smallest absolute Gasteiger partial charge is 0.335 e. The molecule has 32 heavy (non-hydrogen) atoms.